The molecule has 1 fully saturated rings. The van der Waals surface area contributed by atoms with E-state index in [1.807, 2.05) is 24.8 Å². The Bertz CT molecular complexity index is 643. The van der Waals surface area contributed by atoms with Gasteiger partial charge in [-0.3, -0.25) is 4.79 Å². The van der Waals surface area contributed by atoms with E-state index in [-0.39, 0.29) is 24.4 Å². The number of nitrogens with one attached hydrogen (secondary N) is 1. The van der Waals surface area contributed by atoms with Crippen molar-refractivity contribution in [3.63, 3.8) is 0 Å². The maximum atomic E-state index is 12.6. The summed E-state index contributed by atoms with van der Waals surface area (Å²) in [6, 6.07) is 2.04. The molecule has 0 bridgehead atoms. The smallest absolute Gasteiger partial charge is 0.257 e. The molecular formula is C14H19ClN4O2. The molecule has 1 amide bonds. The SMILES string of the molecule is CCc1noc2ncc(C(=O)N3CCNC[C@@H]3C)cc12.Cl. The summed E-state index contributed by atoms with van der Waals surface area (Å²) in [4.78, 5) is 18.7. The van der Waals surface area contributed by atoms with Crippen LogP contribution in [-0.2, 0) is 6.42 Å². The normalized spacial score (nSPS) is 18.6. The molecule has 1 aliphatic rings. The number of pyridine rings is 1. The number of aromatic nitrogens is 2. The van der Waals surface area contributed by atoms with E-state index in [1.54, 1.807) is 6.20 Å². The largest absolute Gasteiger partial charge is 0.336 e. The monoisotopic (exact) mass is 310 g/mol. The summed E-state index contributed by atoms with van der Waals surface area (Å²) in [6.45, 7) is 6.44. The molecule has 2 aromatic heterocycles. The molecule has 2 aromatic rings. The molecule has 0 radical (unpaired) electrons. The second-order valence-electron chi connectivity index (χ2n) is 5.11. The number of hydrogen-bond acceptors (Lipinski definition) is 5. The summed E-state index contributed by atoms with van der Waals surface area (Å²) in [5, 5.41) is 8.08. The maximum absolute atomic E-state index is 12.6. The van der Waals surface area contributed by atoms with Crippen LogP contribution in [0.1, 0.15) is 29.9 Å². The van der Waals surface area contributed by atoms with E-state index in [2.05, 4.69) is 15.5 Å². The van der Waals surface area contributed by atoms with Crippen molar-refractivity contribution in [2.45, 2.75) is 26.3 Å². The second-order valence-corrected chi connectivity index (χ2v) is 5.11. The molecule has 7 heteroatoms. The zero-order valence-corrected chi connectivity index (χ0v) is 12.9. The third-order valence-electron chi connectivity index (χ3n) is 3.75. The lowest BCUT2D eigenvalue weighted by Gasteiger charge is -2.33. The molecule has 0 saturated carbocycles. The minimum Gasteiger partial charge on any atom is -0.336 e. The summed E-state index contributed by atoms with van der Waals surface area (Å²) in [5.74, 6) is 0.0247. The topological polar surface area (TPSA) is 71.3 Å². The third kappa shape index (κ3) is 2.87. The fourth-order valence-corrected chi connectivity index (χ4v) is 2.56. The zero-order chi connectivity index (χ0) is 14.1. The van der Waals surface area contributed by atoms with Gasteiger partial charge in [-0.1, -0.05) is 12.1 Å². The molecule has 1 aliphatic heterocycles. The van der Waals surface area contributed by atoms with Crippen molar-refractivity contribution in [2.24, 2.45) is 0 Å². The minimum atomic E-state index is 0. The van der Waals surface area contributed by atoms with E-state index in [1.165, 1.54) is 0 Å². The molecule has 21 heavy (non-hydrogen) atoms. The Morgan fingerprint density at radius 1 is 1.57 bits per heavy atom. The van der Waals surface area contributed by atoms with Gasteiger partial charge >= 0.3 is 0 Å². The summed E-state index contributed by atoms with van der Waals surface area (Å²) >= 11 is 0. The van der Waals surface area contributed by atoms with Gasteiger partial charge in [-0.2, -0.15) is 0 Å². The van der Waals surface area contributed by atoms with Gasteiger partial charge in [-0.25, -0.2) is 4.98 Å². The summed E-state index contributed by atoms with van der Waals surface area (Å²) < 4.78 is 5.15. The van der Waals surface area contributed by atoms with Crippen molar-refractivity contribution in [1.82, 2.24) is 20.4 Å². The molecule has 3 heterocycles. The third-order valence-corrected chi connectivity index (χ3v) is 3.75. The van der Waals surface area contributed by atoms with Crippen molar-refractivity contribution in [3.8, 4) is 0 Å². The van der Waals surface area contributed by atoms with Gasteiger partial charge in [0.05, 0.1) is 16.6 Å². The lowest BCUT2D eigenvalue weighted by Crippen LogP contribution is -2.52. The number of piperazine rings is 1. The quantitative estimate of drug-likeness (QED) is 0.913. The molecule has 6 nitrogen and oxygen atoms in total. The molecule has 0 aliphatic carbocycles. The van der Waals surface area contributed by atoms with Crippen LogP contribution in [0.3, 0.4) is 0 Å². The van der Waals surface area contributed by atoms with Crippen molar-refractivity contribution in [1.29, 1.82) is 0 Å². The number of rotatable bonds is 2. The molecule has 1 N–H and O–H groups in total. The number of aryl methyl sites for hydroxylation is 1. The molecule has 0 spiro atoms. The molecule has 114 valence electrons. The first-order chi connectivity index (χ1) is 9.70. The average Bonchev–Trinajstić information content (AvgIpc) is 2.89. The van der Waals surface area contributed by atoms with Crippen LogP contribution in [0.4, 0.5) is 0 Å². The molecule has 3 rings (SSSR count). The highest BCUT2D eigenvalue weighted by molar-refractivity contribution is 5.97. The summed E-state index contributed by atoms with van der Waals surface area (Å²) in [7, 11) is 0. The van der Waals surface area contributed by atoms with E-state index in [0.29, 0.717) is 11.3 Å². The number of carbonyl (C=O) groups excluding carboxylic acids is 1. The van der Waals surface area contributed by atoms with Gasteiger partial charge in [0.2, 0.25) is 0 Å². The van der Waals surface area contributed by atoms with Crippen LogP contribution < -0.4 is 5.32 Å². The Morgan fingerprint density at radius 2 is 2.38 bits per heavy atom. The first-order valence-corrected chi connectivity index (χ1v) is 6.96. The maximum Gasteiger partial charge on any atom is 0.257 e. The Balaban J connectivity index is 0.00000161. The van der Waals surface area contributed by atoms with Gasteiger partial charge < -0.3 is 14.7 Å². The standard InChI is InChI=1S/C14H18N4O2.ClH/c1-3-12-11-6-10(8-16-13(11)20-17-12)14(19)18-5-4-15-7-9(18)2;/h6,8-9,15H,3-5,7H2,1-2H3;1H/t9-;/m0./s1. The number of hydrogen-bond donors (Lipinski definition) is 1. The van der Waals surface area contributed by atoms with Crippen LogP contribution in [0.25, 0.3) is 11.1 Å². The van der Waals surface area contributed by atoms with Crippen LogP contribution in [0.15, 0.2) is 16.8 Å². The van der Waals surface area contributed by atoms with Gasteiger partial charge in [0.15, 0.2) is 0 Å². The van der Waals surface area contributed by atoms with Gasteiger partial charge in [0, 0.05) is 31.9 Å². The van der Waals surface area contributed by atoms with Crippen LogP contribution in [0, 0.1) is 0 Å². The summed E-state index contributed by atoms with van der Waals surface area (Å²) in [5.41, 5.74) is 1.94. The molecule has 1 atom stereocenters. The highest BCUT2D eigenvalue weighted by atomic mass is 35.5. The first-order valence-electron chi connectivity index (χ1n) is 6.96. The number of fused-ring (bicyclic) bond motifs is 1. The van der Waals surface area contributed by atoms with Crippen LogP contribution in [0.5, 0.6) is 0 Å². The molecular weight excluding hydrogens is 292 g/mol. The van der Waals surface area contributed by atoms with E-state index in [9.17, 15) is 4.79 Å². The number of carbonyl (C=O) groups is 1. The second kappa shape index (κ2) is 6.41. The van der Waals surface area contributed by atoms with Crippen molar-refractivity contribution in [2.75, 3.05) is 19.6 Å². The Hall–Kier alpha value is -1.66. The Morgan fingerprint density at radius 3 is 3.10 bits per heavy atom. The van der Waals surface area contributed by atoms with Gasteiger partial charge in [0.1, 0.15) is 0 Å². The van der Waals surface area contributed by atoms with Crippen molar-refractivity contribution >= 4 is 29.4 Å². The highest BCUT2D eigenvalue weighted by Gasteiger charge is 2.25. The zero-order valence-electron chi connectivity index (χ0n) is 12.1. The van der Waals surface area contributed by atoms with E-state index in [0.717, 1.165) is 37.1 Å². The van der Waals surface area contributed by atoms with Crippen molar-refractivity contribution < 1.29 is 9.32 Å². The predicted molar refractivity (Wildman–Crippen MR) is 81.8 cm³/mol. The number of amides is 1. The lowest BCUT2D eigenvalue weighted by atomic mass is 10.1. The van der Waals surface area contributed by atoms with Gasteiger partial charge in [-0.15, -0.1) is 12.4 Å². The van der Waals surface area contributed by atoms with Crippen LogP contribution in [0.2, 0.25) is 0 Å². The predicted octanol–water partition coefficient (Wildman–Crippen LogP) is 1.64. The fraction of sp³-hybridized carbons (Fsp3) is 0.500. The van der Waals surface area contributed by atoms with E-state index < -0.39 is 0 Å². The number of halogens is 1. The first kappa shape index (κ1) is 15.7. The van der Waals surface area contributed by atoms with Crippen molar-refractivity contribution in [3.05, 3.63) is 23.5 Å². The van der Waals surface area contributed by atoms with Crippen LogP contribution in [-0.4, -0.2) is 46.6 Å². The van der Waals surface area contributed by atoms with E-state index >= 15 is 0 Å². The Kier molecular flexibility index (Phi) is 4.80. The molecule has 0 unspecified atom stereocenters. The van der Waals surface area contributed by atoms with Gasteiger partial charge in [0.25, 0.3) is 11.6 Å². The average molecular weight is 311 g/mol. The van der Waals surface area contributed by atoms with Gasteiger partial charge in [-0.05, 0) is 19.4 Å². The number of nitrogens with zero attached hydrogens (tertiary/aromatic N) is 3. The van der Waals surface area contributed by atoms with E-state index in [4.69, 9.17) is 4.52 Å². The minimum absolute atomic E-state index is 0. The highest BCUT2D eigenvalue weighted by Crippen LogP contribution is 2.19. The fourth-order valence-electron chi connectivity index (χ4n) is 2.56. The Labute approximate surface area is 129 Å². The van der Waals surface area contributed by atoms with Crippen LogP contribution >= 0.6 is 12.4 Å². The lowest BCUT2D eigenvalue weighted by molar-refractivity contribution is 0.0655. The molecule has 0 aromatic carbocycles. The molecule has 1 saturated heterocycles. The summed E-state index contributed by atoms with van der Waals surface area (Å²) in [6.07, 6.45) is 2.33.